The second-order valence-corrected chi connectivity index (χ2v) is 6.38. The Morgan fingerprint density at radius 3 is 2.19 bits per heavy atom. The number of piperidine rings is 1. The van der Waals surface area contributed by atoms with Crippen molar-refractivity contribution in [2.45, 2.75) is 64.1 Å². The molecular formula is C12H25ClN2O. The molecule has 0 saturated carbocycles. The Balaban J connectivity index is 2.57. The van der Waals surface area contributed by atoms with Crippen molar-refractivity contribution in [3.05, 3.63) is 0 Å². The minimum Gasteiger partial charge on any atom is -0.396 e. The molecule has 0 aliphatic carbocycles. The van der Waals surface area contributed by atoms with Crippen molar-refractivity contribution in [3.63, 3.8) is 0 Å². The largest absolute Gasteiger partial charge is 0.396 e. The van der Waals surface area contributed by atoms with Crippen LogP contribution in [0.5, 0.6) is 0 Å². The van der Waals surface area contributed by atoms with E-state index in [-0.39, 0.29) is 17.7 Å². The molecule has 1 heterocycles. The number of hydrogen-bond acceptors (Lipinski definition) is 3. The van der Waals surface area contributed by atoms with Gasteiger partial charge in [-0.1, -0.05) is 0 Å². The molecule has 0 atom stereocenters. The minimum atomic E-state index is 0.0141. The third kappa shape index (κ3) is 3.33. The van der Waals surface area contributed by atoms with E-state index in [0.717, 1.165) is 25.8 Å². The summed E-state index contributed by atoms with van der Waals surface area (Å²) in [6, 6.07) is 0.492. The quantitative estimate of drug-likeness (QED) is 0.591. The maximum absolute atomic E-state index is 8.77. The van der Waals surface area contributed by atoms with E-state index >= 15 is 0 Å². The van der Waals surface area contributed by atoms with Gasteiger partial charge in [0.15, 0.2) is 0 Å². The van der Waals surface area contributed by atoms with Crippen molar-refractivity contribution >= 4 is 11.8 Å². The fourth-order valence-electron chi connectivity index (χ4n) is 2.79. The highest BCUT2D eigenvalue weighted by molar-refractivity contribution is 6.14. The molecule has 0 amide bonds. The first kappa shape index (κ1) is 14.2. The van der Waals surface area contributed by atoms with E-state index in [1.165, 1.54) is 0 Å². The summed E-state index contributed by atoms with van der Waals surface area (Å²) in [5.41, 5.74) is 0.0281. The van der Waals surface area contributed by atoms with E-state index in [4.69, 9.17) is 16.9 Å². The fraction of sp³-hybridized carbons (Fsp3) is 1.00. The van der Waals surface area contributed by atoms with Gasteiger partial charge in [-0.15, -0.1) is 0 Å². The van der Waals surface area contributed by atoms with Crippen molar-refractivity contribution in [2.24, 2.45) is 0 Å². The van der Waals surface area contributed by atoms with Gasteiger partial charge in [-0.2, -0.15) is 0 Å². The van der Waals surface area contributed by atoms with E-state index in [1.807, 2.05) is 4.42 Å². The Labute approximate surface area is 104 Å². The Hall–Kier alpha value is 0.170. The highest BCUT2D eigenvalue weighted by Crippen LogP contribution is 2.39. The smallest absolute Gasteiger partial charge is 0.0443 e. The van der Waals surface area contributed by atoms with E-state index in [1.54, 1.807) is 0 Å². The number of aliphatic hydroxyl groups excluding tert-OH is 1. The fourth-order valence-corrected chi connectivity index (χ4v) is 2.93. The molecule has 0 aromatic heterocycles. The number of aliphatic hydroxyl groups is 1. The molecule has 4 heteroatoms. The first-order valence-electron chi connectivity index (χ1n) is 6.10. The number of rotatable bonds is 4. The molecule has 1 aliphatic rings. The topological polar surface area (TPSA) is 35.5 Å². The molecule has 16 heavy (non-hydrogen) atoms. The van der Waals surface area contributed by atoms with Crippen molar-refractivity contribution in [3.8, 4) is 0 Å². The van der Waals surface area contributed by atoms with Crippen molar-refractivity contribution in [1.82, 2.24) is 9.74 Å². The van der Waals surface area contributed by atoms with Crippen molar-refractivity contribution in [1.29, 1.82) is 0 Å². The normalized spacial score (nSPS) is 25.9. The first-order chi connectivity index (χ1) is 7.29. The predicted molar refractivity (Wildman–Crippen MR) is 68.6 cm³/mol. The summed E-state index contributed by atoms with van der Waals surface area (Å²) in [5.74, 6) is 0. The maximum Gasteiger partial charge on any atom is 0.0443 e. The molecule has 3 nitrogen and oxygen atoms in total. The van der Waals surface area contributed by atoms with Crippen LogP contribution < -0.4 is 5.32 Å². The summed E-state index contributed by atoms with van der Waals surface area (Å²) in [6.07, 6.45) is 2.92. The number of nitrogens with zero attached hydrogens (tertiary/aromatic N) is 1. The van der Waals surface area contributed by atoms with Gasteiger partial charge in [-0.05, 0) is 65.3 Å². The van der Waals surface area contributed by atoms with Crippen LogP contribution in [0.2, 0.25) is 0 Å². The van der Waals surface area contributed by atoms with Crippen LogP contribution in [0.25, 0.3) is 0 Å². The highest BCUT2D eigenvalue weighted by Gasteiger charge is 2.44. The molecule has 1 aliphatic heterocycles. The zero-order valence-electron chi connectivity index (χ0n) is 10.9. The average Bonchev–Trinajstić information content (AvgIpc) is 2.14. The molecule has 1 saturated heterocycles. The standard InChI is InChI=1S/C12H25ClN2O/c1-11(2)8-10(14-6-5-7-16)9-12(3,4)15(11)13/h10,14,16H,5-9H2,1-4H3. The lowest BCUT2D eigenvalue weighted by atomic mass is 9.79. The van der Waals surface area contributed by atoms with Gasteiger partial charge in [0.25, 0.3) is 0 Å². The van der Waals surface area contributed by atoms with E-state index in [0.29, 0.717) is 6.04 Å². The lowest BCUT2D eigenvalue weighted by Crippen LogP contribution is -2.60. The van der Waals surface area contributed by atoms with Crippen LogP contribution in [0.15, 0.2) is 0 Å². The van der Waals surface area contributed by atoms with E-state index in [2.05, 4.69) is 33.0 Å². The zero-order valence-corrected chi connectivity index (χ0v) is 11.6. The molecule has 1 fully saturated rings. The van der Waals surface area contributed by atoms with Gasteiger partial charge in [0.2, 0.25) is 0 Å². The van der Waals surface area contributed by atoms with Crippen LogP contribution in [0.4, 0.5) is 0 Å². The minimum absolute atomic E-state index is 0.0141. The van der Waals surface area contributed by atoms with Gasteiger partial charge in [-0.25, -0.2) is 4.42 Å². The monoisotopic (exact) mass is 248 g/mol. The Morgan fingerprint density at radius 1 is 1.25 bits per heavy atom. The second-order valence-electron chi connectivity index (χ2n) is 6.04. The summed E-state index contributed by atoms with van der Waals surface area (Å²) >= 11 is 6.39. The molecule has 0 aromatic carbocycles. The van der Waals surface area contributed by atoms with Crippen LogP contribution in [0, 0.1) is 0 Å². The highest BCUT2D eigenvalue weighted by atomic mass is 35.5. The zero-order chi connectivity index (χ0) is 12.4. The third-order valence-electron chi connectivity index (χ3n) is 3.32. The van der Waals surface area contributed by atoms with Crippen molar-refractivity contribution in [2.75, 3.05) is 13.2 Å². The van der Waals surface area contributed by atoms with Gasteiger partial charge < -0.3 is 10.4 Å². The van der Waals surface area contributed by atoms with Crippen LogP contribution in [-0.2, 0) is 0 Å². The molecule has 0 radical (unpaired) electrons. The molecule has 0 spiro atoms. The van der Waals surface area contributed by atoms with E-state index in [9.17, 15) is 0 Å². The van der Waals surface area contributed by atoms with Crippen molar-refractivity contribution < 1.29 is 5.11 Å². The van der Waals surface area contributed by atoms with Gasteiger partial charge in [0.05, 0.1) is 0 Å². The van der Waals surface area contributed by atoms with Crippen LogP contribution in [0.3, 0.4) is 0 Å². The molecule has 0 bridgehead atoms. The summed E-state index contributed by atoms with van der Waals surface area (Å²) in [6.45, 7) is 9.87. The Bertz CT molecular complexity index is 213. The lowest BCUT2D eigenvalue weighted by molar-refractivity contribution is 0.0369. The summed E-state index contributed by atoms with van der Waals surface area (Å²) in [7, 11) is 0. The first-order valence-corrected chi connectivity index (χ1v) is 6.44. The van der Waals surface area contributed by atoms with Gasteiger partial charge in [0.1, 0.15) is 0 Å². The predicted octanol–water partition coefficient (Wildman–Crippen LogP) is 2.13. The molecule has 96 valence electrons. The molecular weight excluding hydrogens is 224 g/mol. The van der Waals surface area contributed by atoms with Crippen LogP contribution in [-0.4, -0.2) is 39.8 Å². The summed E-state index contributed by atoms with van der Waals surface area (Å²) in [4.78, 5) is 0. The second kappa shape index (κ2) is 5.21. The van der Waals surface area contributed by atoms with Gasteiger partial charge in [0, 0.05) is 23.7 Å². The van der Waals surface area contributed by atoms with Gasteiger partial charge in [-0.3, -0.25) is 0 Å². The number of nitrogens with one attached hydrogen (secondary N) is 1. The summed E-state index contributed by atoms with van der Waals surface area (Å²) < 4.78 is 1.96. The van der Waals surface area contributed by atoms with E-state index < -0.39 is 0 Å². The average molecular weight is 249 g/mol. The molecule has 0 aromatic rings. The lowest BCUT2D eigenvalue weighted by Gasteiger charge is -2.51. The number of halogens is 1. The van der Waals surface area contributed by atoms with Crippen LogP contribution >= 0.6 is 11.8 Å². The van der Waals surface area contributed by atoms with Crippen LogP contribution in [0.1, 0.15) is 47.0 Å². The Kier molecular flexibility index (Phi) is 4.64. The number of hydrogen-bond donors (Lipinski definition) is 2. The summed E-state index contributed by atoms with van der Waals surface area (Å²) in [5, 5.41) is 12.3. The Morgan fingerprint density at radius 2 is 1.75 bits per heavy atom. The maximum atomic E-state index is 8.77. The molecule has 2 N–H and O–H groups in total. The van der Waals surface area contributed by atoms with Gasteiger partial charge >= 0.3 is 0 Å². The molecule has 1 rings (SSSR count). The third-order valence-corrected chi connectivity index (χ3v) is 4.24. The SMILES string of the molecule is CC1(C)CC(NCCCO)CC(C)(C)N1Cl. The molecule has 0 unspecified atom stereocenters.